The van der Waals surface area contributed by atoms with E-state index in [1.54, 1.807) is 48.4 Å². The van der Waals surface area contributed by atoms with E-state index in [4.69, 9.17) is 0 Å². The summed E-state index contributed by atoms with van der Waals surface area (Å²) in [7, 11) is 0. The highest BCUT2D eigenvalue weighted by Gasteiger charge is 2.14. The fraction of sp³-hybridized carbons (Fsp3) is 0.0476. The molecule has 4 aromatic rings. The second-order valence-electron chi connectivity index (χ2n) is 6.06. The van der Waals surface area contributed by atoms with Gasteiger partial charge in [-0.25, -0.2) is 19.3 Å². The van der Waals surface area contributed by atoms with Crippen molar-refractivity contribution in [2.24, 2.45) is 0 Å². The van der Waals surface area contributed by atoms with E-state index in [-0.39, 0.29) is 24.0 Å². The van der Waals surface area contributed by atoms with Gasteiger partial charge in [0.15, 0.2) is 5.78 Å². The first-order valence-corrected chi connectivity index (χ1v) is 9.32. The Morgan fingerprint density at radius 2 is 1.97 bits per heavy atom. The minimum atomic E-state index is -0.302. The predicted molar refractivity (Wildman–Crippen MR) is 114 cm³/mol. The van der Waals surface area contributed by atoms with Crippen molar-refractivity contribution >= 4 is 35.6 Å². The maximum atomic E-state index is 13.1. The average molecular weight is 427 g/mol. The molecule has 0 amide bonds. The number of halogens is 2. The molecule has 0 saturated heterocycles. The molecule has 0 saturated carbocycles. The lowest BCUT2D eigenvalue weighted by Crippen LogP contribution is -1.95. The van der Waals surface area contributed by atoms with Crippen molar-refractivity contribution in [3.05, 3.63) is 89.3 Å². The van der Waals surface area contributed by atoms with Crippen LogP contribution in [-0.2, 0) is 0 Å². The van der Waals surface area contributed by atoms with Gasteiger partial charge in [-0.2, -0.15) is 0 Å². The molecule has 3 aromatic heterocycles. The lowest BCUT2D eigenvalue weighted by molar-refractivity contribution is 0.105. The van der Waals surface area contributed by atoms with Gasteiger partial charge in [0.1, 0.15) is 23.0 Å². The number of allylic oxidation sites excluding steroid dienone is 1. The van der Waals surface area contributed by atoms with E-state index >= 15 is 0 Å². The number of thiazole rings is 1. The van der Waals surface area contributed by atoms with Crippen LogP contribution in [0.3, 0.4) is 0 Å². The van der Waals surface area contributed by atoms with E-state index in [0.717, 1.165) is 16.9 Å². The Hall–Kier alpha value is -3.16. The number of benzene rings is 1. The van der Waals surface area contributed by atoms with Crippen LogP contribution in [-0.4, -0.2) is 25.3 Å². The van der Waals surface area contributed by atoms with Crippen LogP contribution in [0, 0.1) is 12.7 Å². The standard InChI is InChI=1S/C21H15FN4OS.ClH/c1-14-20(28-21(25-14)16-4-6-17(22)7-5-16)18(27)8-2-15-3-9-19(24-12-15)26-11-10-23-13-26;/h2-13H,1H3;1H/b8-2+;. The monoisotopic (exact) mass is 426 g/mol. The van der Waals surface area contributed by atoms with Crippen LogP contribution in [0.1, 0.15) is 20.9 Å². The van der Waals surface area contributed by atoms with Gasteiger partial charge in [-0.3, -0.25) is 9.36 Å². The smallest absolute Gasteiger partial charge is 0.197 e. The molecule has 5 nitrogen and oxygen atoms in total. The molecule has 3 heterocycles. The summed E-state index contributed by atoms with van der Waals surface area (Å²) in [5.41, 5.74) is 2.27. The van der Waals surface area contributed by atoms with Gasteiger partial charge in [0.2, 0.25) is 0 Å². The van der Waals surface area contributed by atoms with Crippen LogP contribution in [0.5, 0.6) is 0 Å². The highest BCUT2D eigenvalue weighted by atomic mass is 35.5. The quantitative estimate of drug-likeness (QED) is 0.327. The minimum absolute atomic E-state index is 0. The van der Waals surface area contributed by atoms with E-state index in [1.807, 2.05) is 18.3 Å². The summed E-state index contributed by atoms with van der Waals surface area (Å²) >= 11 is 1.30. The lowest BCUT2D eigenvalue weighted by Gasteiger charge is -2.00. The summed E-state index contributed by atoms with van der Waals surface area (Å²) < 4.78 is 14.9. The van der Waals surface area contributed by atoms with Crippen LogP contribution in [0.15, 0.2) is 67.4 Å². The van der Waals surface area contributed by atoms with Crippen molar-refractivity contribution in [2.45, 2.75) is 6.92 Å². The Bertz CT molecular complexity index is 1140. The Labute approximate surface area is 177 Å². The topological polar surface area (TPSA) is 60.7 Å². The molecule has 0 aliphatic rings. The SMILES string of the molecule is Cc1nc(-c2ccc(F)cc2)sc1C(=O)/C=C/c1ccc(-n2ccnc2)nc1.Cl. The van der Waals surface area contributed by atoms with Crippen molar-refractivity contribution in [3.8, 4) is 16.4 Å². The van der Waals surface area contributed by atoms with Crippen molar-refractivity contribution in [3.63, 3.8) is 0 Å². The second-order valence-corrected chi connectivity index (χ2v) is 7.06. The molecule has 0 bridgehead atoms. The normalized spacial score (nSPS) is 10.8. The number of rotatable bonds is 5. The van der Waals surface area contributed by atoms with Gasteiger partial charge in [0.25, 0.3) is 0 Å². The lowest BCUT2D eigenvalue weighted by atomic mass is 10.2. The first-order chi connectivity index (χ1) is 13.6. The van der Waals surface area contributed by atoms with Crippen LogP contribution in [0.2, 0.25) is 0 Å². The number of ketones is 1. The third kappa shape index (κ3) is 4.64. The summed E-state index contributed by atoms with van der Waals surface area (Å²) in [6.07, 6.45) is 10.1. The molecule has 0 aliphatic heterocycles. The van der Waals surface area contributed by atoms with Gasteiger partial charge in [-0.15, -0.1) is 23.7 Å². The number of hydrogen-bond acceptors (Lipinski definition) is 5. The average Bonchev–Trinajstić information content (AvgIpc) is 3.37. The number of pyridine rings is 1. The van der Waals surface area contributed by atoms with Crippen molar-refractivity contribution in [2.75, 3.05) is 0 Å². The van der Waals surface area contributed by atoms with Crippen molar-refractivity contribution < 1.29 is 9.18 Å². The van der Waals surface area contributed by atoms with E-state index in [1.165, 1.54) is 29.5 Å². The van der Waals surface area contributed by atoms with E-state index in [0.29, 0.717) is 15.6 Å². The van der Waals surface area contributed by atoms with Crippen LogP contribution in [0.4, 0.5) is 4.39 Å². The molecule has 146 valence electrons. The number of imidazole rings is 1. The summed E-state index contributed by atoms with van der Waals surface area (Å²) in [4.78, 5) is 25.9. The molecule has 0 fully saturated rings. The second kappa shape index (κ2) is 8.89. The van der Waals surface area contributed by atoms with Crippen LogP contribution in [0.25, 0.3) is 22.5 Å². The van der Waals surface area contributed by atoms with Gasteiger partial charge < -0.3 is 0 Å². The number of carbonyl (C=O) groups excluding carboxylic acids is 1. The van der Waals surface area contributed by atoms with Gasteiger partial charge in [-0.1, -0.05) is 0 Å². The van der Waals surface area contributed by atoms with Gasteiger partial charge >= 0.3 is 0 Å². The van der Waals surface area contributed by atoms with Gasteiger partial charge in [0.05, 0.1) is 10.6 Å². The number of hydrogen-bond donors (Lipinski definition) is 0. The molecule has 4 rings (SSSR count). The molecule has 0 aliphatic carbocycles. The van der Waals surface area contributed by atoms with Crippen LogP contribution < -0.4 is 0 Å². The highest BCUT2D eigenvalue weighted by Crippen LogP contribution is 2.28. The Morgan fingerprint density at radius 1 is 1.17 bits per heavy atom. The molecule has 0 atom stereocenters. The third-order valence-electron chi connectivity index (χ3n) is 4.08. The number of aryl methyl sites for hydroxylation is 1. The van der Waals surface area contributed by atoms with Gasteiger partial charge in [-0.05, 0) is 61.0 Å². The largest absolute Gasteiger partial charge is 0.291 e. The van der Waals surface area contributed by atoms with Crippen molar-refractivity contribution in [1.82, 2.24) is 19.5 Å². The molecule has 0 radical (unpaired) electrons. The molecule has 1 aromatic carbocycles. The van der Waals surface area contributed by atoms with Crippen molar-refractivity contribution in [1.29, 1.82) is 0 Å². The fourth-order valence-corrected chi connectivity index (χ4v) is 3.62. The molecular weight excluding hydrogens is 411 g/mol. The maximum Gasteiger partial charge on any atom is 0.197 e. The molecule has 0 unspecified atom stereocenters. The minimum Gasteiger partial charge on any atom is -0.291 e. The number of aromatic nitrogens is 4. The first-order valence-electron chi connectivity index (χ1n) is 8.50. The molecule has 0 spiro atoms. The zero-order valence-corrected chi connectivity index (χ0v) is 17.0. The summed E-state index contributed by atoms with van der Waals surface area (Å²) in [5, 5.41) is 0.695. The Morgan fingerprint density at radius 3 is 2.62 bits per heavy atom. The van der Waals surface area contributed by atoms with E-state index in [2.05, 4.69) is 15.0 Å². The number of nitrogens with zero attached hydrogens (tertiary/aromatic N) is 4. The Balaban J connectivity index is 0.00000240. The molecular formula is C21H16ClFN4OS. The summed E-state index contributed by atoms with van der Waals surface area (Å²) in [6, 6.07) is 9.82. The Kier molecular flexibility index (Phi) is 6.31. The maximum absolute atomic E-state index is 13.1. The molecule has 8 heteroatoms. The number of carbonyl (C=O) groups is 1. The van der Waals surface area contributed by atoms with Gasteiger partial charge in [0, 0.05) is 24.2 Å². The third-order valence-corrected chi connectivity index (χ3v) is 5.30. The fourth-order valence-electron chi connectivity index (χ4n) is 2.63. The summed E-state index contributed by atoms with van der Waals surface area (Å²) in [6.45, 7) is 1.80. The van der Waals surface area contributed by atoms with Crippen LogP contribution >= 0.6 is 23.7 Å². The van der Waals surface area contributed by atoms with E-state index in [9.17, 15) is 9.18 Å². The van der Waals surface area contributed by atoms with E-state index < -0.39 is 0 Å². The zero-order chi connectivity index (χ0) is 19.5. The first kappa shape index (κ1) is 20.6. The highest BCUT2D eigenvalue weighted by molar-refractivity contribution is 7.17. The zero-order valence-electron chi connectivity index (χ0n) is 15.3. The molecule has 29 heavy (non-hydrogen) atoms. The summed E-state index contributed by atoms with van der Waals surface area (Å²) in [5.74, 6) is 0.328. The molecule has 0 N–H and O–H groups in total. The predicted octanol–water partition coefficient (Wildman–Crippen LogP) is 5.16.